The zero-order chi connectivity index (χ0) is 15.4. The van der Waals surface area contributed by atoms with Crippen LogP contribution in [-0.4, -0.2) is 15.2 Å². The minimum absolute atomic E-state index is 0.786. The molecule has 0 aliphatic carbocycles. The third kappa shape index (κ3) is 20.5. The fourth-order valence-corrected chi connectivity index (χ4v) is 4.43. The summed E-state index contributed by atoms with van der Waals surface area (Å²) in [6, 6.07) is 0. The van der Waals surface area contributed by atoms with Gasteiger partial charge in [0.1, 0.15) is 0 Å². The van der Waals surface area contributed by atoms with Gasteiger partial charge in [-0.25, -0.2) is 0 Å². The number of unbranched alkanes of at least 4 members (excludes halogenated alkanes) is 14. The summed E-state index contributed by atoms with van der Waals surface area (Å²) in [5.74, 6) is 0. The van der Waals surface area contributed by atoms with Crippen molar-refractivity contribution in [1.29, 1.82) is 0 Å². The van der Waals surface area contributed by atoms with Crippen LogP contribution in [0.1, 0.15) is 117 Å². The van der Waals surface area contributed by atoms with E-state index in [0.29, 0.717) is 0 Å². The molecule has 0 aromatic rings. The van der Waals surface area contributed by atoms with E-state index in [1.54, 1.807) is 10.6 Å². The van der Waals surface area contributed by atoms with E-state index < -0.39 is 0 Å². The molecule has 0 heterocycles. The van der Waals surface area contributed by atoms with E-state index in [2.05, 4.69) is 13.8 Å². The first-order chi connectivity index (χ1) is 10.4. The Morgan fingerprint density at radius 3 is 1.00 bits per heavy atom. The average Bonchev–Trinajstić information content (AvgIpc) is 2.50. The molecule has 0 rings (SSSR count). The second-order valence-electron chi connectivity index (χ2n) is 6.82. The zero-order valence-corrected chi connectivity index (χ0v) is 16.5. The van der Waals surface area contributed by atoms with Crippen molar-refractivity contribution in [2.75, 3.05) is 0 Å². The van der Waals surface area contributed by atoms with Gasteiger partial charge < -0.3 is 0 Å². The predicted molar refractivity (Wildman–Crippen MR) is 101 cm³/mol. The molecule has 1 heteroatoms. The van der Waals surface area contributed by atoms with E-state index in [1.165, 1.54) is 103 Å². The summed E-state index contributed by atoms with van der Waals surface area (Å²) in [5.41, 5.74) is 0. The van der Waals surface area contributed by atoms with Gasteiger partial charge in [0.15, 0.2) is 0 Å². The van der Waals surface area contributed by atoms with Crippen molar-refractivity contribution in [2.45, 2.75) is 127 Å². The summed E-state index contributed by atoms with van der Waals surface area (Å²) in [7, 11) is 0. The zero-order valence-electron chi connectivity index (χ0n) is 15.3. The quantitative estimate of drug-likeness (QED) is 0.179. The molecule has 0 fully saturated rings. The fourth-order valence-electron chi connectivity index (χ4n) is 2.99. The summed E-state index contributed by atoms with van der Waals surface area (Å²) in [6.07, 6.45) is 23.6. The molecule has 124 valence electrons. The molecule has 0 nitrogen and oxygen atoms in total. The van der Waals surface area contributed by atoms with E-state index in [4.69, 9.17) is 0 Å². The third-order valence-electron chi connectivity index (χ3n) is 4.52. The van der Waals surface area contributed by atoms with Gasteiger partial charge in [-0.15, -0.1) is 0 Å². The Morgan fingerprint density at radius 2 is 0.667 bits per heavy atom. The van der Waals surface area contributed by atoms with Crippen molar-refractivity contribution in [2.24, 2.45) is 0 Å². The van der Waals surface area contributed by atoms with Crippen molar-refractivity contribution in [3.05, 3.63) is 0 Å². The van der Waals surface area contributed by atoms with Crippen molar-refractivity contribution in [3.8, 4) is 0 Å². The number of hydrogen-bond acceptors (Lipinski definition) is 0. The molecule has 0 amide bonds. The molecule has 0 N–H and O–H groups in total. The van der Waals surface area contributed by atoms with E-state index in [9.17, 15) is 0 Å². The van der Waals surface area contributed by atoms with E-state index in [1.807, 2.05) is 0 Å². The van der Waals surface area contributed by atoms with Gasteiger partial charge in [-0.05, 0) is 0 Å². The van der Waals surface area contributed by atoms with Crippen LogP contribution in [0.2, 0.25) is 10.6 Å². The van der Waals surface area contributed by atoms with Gasteiger partial charge in [-0.2, -0.15) is 0 Å². The summed E-state index contributed by atoms with van der Waals surface area (Å²) >= 11 is 0.786. The van der Waals surface area contributed by atoms with Gasteiger partial charge in [-0.1, -0.05) is 0 Å². The van der Waals surface area contributed by atoms with Crippen LogP contribution in [0.25, 0.3) is 0 Å². The Bertz CT molecular complexity index is 149. The first-order valence-corrected chi connectivity index (χ1v) is 11.9. The average molecular weight is 310 g/mol. The van der Waals surface area contributed by atoms with Crippen LogP contribution in [0, 0.1) is 0 Å². The molecule has 0 aromatic heterocycles. The topological polar surface area (TPSA) is 0 Å². The Labute approximate surface area is 142 Å². The van der Waals surface area contributed by atoms with Crippen LogP contribution in [-0.2, 0) is 0 Å². The molecule has 0 saturated heterocycles. The maximum absolute atomic E-state index is 2.30. The molecule has 0 spiro atoms. The standard InChI is InChI=1S/2C10H21.Al/c2*1-3-5-7-9-10-8-6-4-2;/h2*1,3-10H2,2H3;/q;;+1. The van der Waals surface area contributed by atoms with Crippen molar-refractivity contribution >= 4 is 15.2 Å². The number of hydrogen-bond donors (Lipinski definition) is 0. The molecule has 0 aliphatic rings. The van der Waals surface area contributed by atoms with Crippen LogP contribution >= 0.6 is 0 Å². The third-order valence-corrected chi connectivity index (χ3v) is 6.16. The molecule has 0 radical (unpaired) electrons. The second-order valence-corrected chi connectivity index (χ2v) is 8.55. The van der Waals surface area contributed by atoms with Crippen molar-refractivity contribution in [1.82, 2.24) is 0 Å². The van der Waals surface area contributed by atoms with Gasteiger partial charge in [-0.3, -0.25) is 0 Å². The van der Waals surface area contributed by atoms with Gasteiger partial charge in [0, 0.05) is 0 Å². The van der Waals surface area contributed by atoms with Crippen LogP contribution in [0.4, 0.5) is 0 Å². The van der Waals surface area contributed by atoms with E-state index >= 15 is 0 Å². The Hall–Kier alpha value is 0.532. The first kappa shape index (κ1) is 21.5. The molecule has 0 aromatic carbocycles. The van der Waals surface area contributed by atoms with Gasteiger partial charge >= 0.3 is 142 Å². The Balaban J connectivity index is 2.90. The summed E-state index contributed by atoms with van der Waals surface area (Å²) in [4.78, 5) is 0. The molecule has 0 aliphatic heterocycles. The summed E-state index contributed by atoms with van der Waals surface area (Å²) < 4.78 is 0. The molecule has 0 saturated carbocycles. The van der Waals surface area contributed by atoms with E-state index in [-0.39, 0.29) is 0 Å². The van der Waals surface area contributed by atoms with Gasteiger partial charge in [0.2, 0.25) is 0 Å². The van der Waals surface area contributed by atoms with Crippen molar-refractivity contribution in [3.63, 3.8) is 0 Å². The molecule has 0 atom stereocenters. The van der Waals surface area contributed by atoms with Gasteiger partial charge in [0.05, 0.1) is 0 Å². The maximum atomic E-state index is 2.30. The summed E-state index contributed by atoms with van der Waals surface area (Å²) in [5, 5.41) is 3.15. The second kappa shape index (κ2) is 20.5. The van der Waals surface area contributed by atoms with E-state index in [0.717, 1.165) is 15.2 Å². The van der Waals surface area contributed by atoms with Crippen LogP contribution in [0.15, 0.2) is 0 Å². The van der Waals surface area contributed by atoms with Gasteiger partial charge in [0.25, 0.3) is 0 Å². The Morgan fingerprint density at radius 1 is 0.381 bits per heavy atom. The fraction of sp³-hybridized carbons (Fsp3) is 1.00. The molecule has 0 bridgehead atoms. The predicted octanol–water partition coefficient (Wildman–Crippen LogP) is 7.81. The molecular weight excluding hydrogens is 267 g/mol. The summed E-state index contributed by atoms with van der Waals surface area (Å²) in [6.45, 7) is 4.60. The van der Waals surface area contributed by atoms with Crippen LogP contribution in [0.5, 0.6) is 0 Å². The Kier molecular flexibility index (Phi) is 21.1. The molecule has 21 heavy (non-hydrogen) atoms. The minimum atomic E-state index is 0.786. The van der Waals surface area contributed by atoms with Crippen molar-refractivity contribution < 1.29 is 0 Å². The monoisotopic (exact) mass is 309 g/mol. The molecular formula is C20H42Al+. The SMILES string of the molecule is CCCCCCCCC[CH2][Al+][CH2]CCCCCCCCC. The normalized spacial score (nSPS) is 10.8. The first-order valence-electron chi connectivity index (χ1n) is 10.2. The molecule has 0 unspecified atom stereocenters. The van der Waals surface area contributed by atoms with Crippen LogP contribution < -0.4 is 0 Å². The van der Waals surface area contributed by atoms with Crippen LogP contribution in [0.3, 0.4) is 0 Å². The number of rotatable bonds is 18.